The number of benzene rings is 1. The lowest BCUT2D eigenvalue weighted by Gasteiger charge is -2.34. The van der Waals surface area contributed by atoms with Crippen molar-refractivity contribution in [3.63, 3.8) is 0 Å². The van der Waals surface area contributed by atoms with Crippen molar-refractivity contribution >= 4 is 28.8 Å². The van der Waals surface area contributed by atoms with Crippen LogP contribution < -0.4 is 15.0 Å². The van der Waals surface area contributed by atoms with Crippen molar-refractivity contribution in [3.05, 3.63) is 28.1 Å². The highest BCUT2D eigenvalue weighted by atomic mass is 32.1. The zero-order valence-electron chi connectivity index (χ0n) is 17.9. The van der Waals surface area contributed by atoms with Crippen molar-refractivity contribution in [2.45, 2.75) is 71.4 Å². The molecule has 0 saturated heterocycles. The van der Waals surface area contributed by atoms with Gasteiger partial charge in [-0.1, -0.05) is 26.2 Å². The summed E-state index contributed by atoms with van der Waals surface area (Å²) in [7, 11) is 0. The van der Waals surface area contributed by atoms with Gasteiger partial charge in [0.2, 0.25) is 5.91 Å². The molecule has 7 heteroatoms. The number of aryl methyl sites for hydroxylation is 2. The number of fused-ring (bicyclic) bond motifs is 1. The molecule has 6 nitrogen and oxygen atoms in total. The predicted molar refractivity (Wildman–Crippen MR) is 119 cm³/mol. The fourth-order valence-corrected chi connectivity index (χ4v) is 5.19. The van der Waals surface area contributed by atoms with Crippen LogP contribution in [0.2, 0.25) is 0 Å². The molecule has 2 aliphatic rings. The molecule has 2 aromatic rings. The van der Waals surface area contributed by atoms with Crippen LogP contribution >= 0.6 is 11.3 Å². The van der Waals surface area contributed by atoms with Gasteiger partial charge in [0.25, 0.3) is 5.91 Å². The Morgan fingerprint density at radius 1 is 1.27 bits per heavy atom. The third-order valence-corrected chi connectivity index (χ3v) is 6.77. The Balaban J connectivity index is 1.62. The zero-order valence-corrected chi connectivity index (χ0v) is 18.7. The molecule has 1 aromatic carbocycles. The number of carbonyl (C=O) groups excluding carboxylic acids is 2. The number of rotatable bonds is 5. The summed E-state index contributed by atoms with van der Waals surface area (Å²) in [4.78, 5) is 33.2. The van der Waals surface area contributed by atoms with Crippen LogP contribution in [0.4, 0.5) is 5.69 Å². The number of nitrogens with zero attached hydrogens (tertiary/aromatic N) is 2. The number of hydrogen-bond donors (Lipinski definition) is 1. The molecular weight excluding hydrogens is 398 g/mol. The van der Waals surface area contributed by atoms with E-state index in [2.05, 4.69) is 10.3 Å². The molecule has 160 valence electrons. The second-order valence-electron chi connectivity index (χ2n) is 8.16. The topological polar surface area (TPSA) is 71.5 Å². The van der Waals surface area contributed by atoms with E-state index < -0.39 is 6.10 Å². The molecule has 4 rings (SSSR count). The molecule has 2 amide bonds. The Hall–Kier alpha value is -2.41. The number of thiazole rings is 1. The van der Waals surface area contributed by atoms with Crippen molar-refractivity contribution in [2.75, 3.05) is 11.4 Å². The summed E-state index contributed by atoms with van der Waals surface area (Å²) in [5.74, 6) is 0.372. The SMILES string of the molecule is CCC1Oc2ccc(-c3nc(C)sc3C)cc2N(CC(=O)NC2CCCCC2)C1=O. The molecular formula is C23H29N3O3S. The van der Waals surface area contributed by atoms with Crippen LogP contribution in [0.25, 0.3) is 11.3 Å². The standard InChI is InChI=1S/C23H29N3O3S/c1-4-19-23(28)26(13-21(27)25-17-8-6-5-7-9-17)18-12-16(10-11-20(18)29-19)22-14(2)30-15(3)24-22/h10-12,17,19H,4-9,13H2,1-3H3,(H,25,27). The van der Waals surface area contributed by atoms with Crippen molar-refractivity contribution in [1.82, 2.24) is 10.3 Å². The second kappa shape index (κ2) is 8.76. The molecule has 2 heterocycles. The molecule has 1 saturated carbocycles. The lowest BCUT2D eigenvalue weighted by Crippen LogP contribution is -2.51. The molecule has 0 radical (unpaired) electrons. The minimum Gasteiger partial charge on any atom is -0.478 e. The Bertz CT molecular complexity index is 949. The fourth-order valence-electron chi connectivity index (χ4n) is 4.35. The van der Waals surface area contributed by atoms with Gasteiger partial charge in [-0.2, -0.15) is 0 Å². The Kier molecular flexibility index (Phi) is 6.09. The fraction of sp³-hybridized carbons (Fsp3) is 0.522. The van der Waals surface area contributed by atoms with Gasteiger partial charge >= 0.3 is 0 Å². The van der Waals surface area contributed by atoms with E-state index in [-0.39, 0.29) is 24.4 Å². The normalized spacial score (nSPS) is 19.4. The van der Waals surface area contributed by atoms with Gasteiger partial charge in [0.15, 0.2) is 6.10 Å². The quantitative estimate of drug-likeness (QED) is 0.769. The van der Waals surface area contributed by atoms with Crippen LogP contribution in [-0.4, -0.2) is 35.5 Å². The van der Waals surface area contributed by atoms with Gasteiger partial charge in [-0.05, 0) is 51.3 Å². The first kappa shape index (κ1) is 20.8. The largest absolute Gasteiger partial charge is 0.478 e. The van der Waals surface area contributed by atoms with Crippen molar-refractivity contribution in [2.24, 2.45) is 0 Å². The van der Waals surface area contributed by atoms with Gasteiger partial charge in [0, 0.05) is 16.5 Å². The maximum absolute atomic E-state index is 13.1. The molecule has 1 aliphatic heterocycles. The zero-order chi connectivity index (χ0) is 21.3. The summed E-state index contributed by atoms with van der Waals surface area (Å²) in [6.07, 6.45) is 5.57. The first-order valence-electron chi connectivity index (χ1n) is 10.8. The first-order valence-corrected chi connectivity index (χ1v) is 11.6. The Labute approximate surface area is 181 Å². The summed E-state index contributed by atoms with van der Waals surface area (Å²) in [5.41, 5.74) is 2.49. The third-order valence-electron chi connectivity index (χ3n) is 5.88. The van der Waals surface area contributed by atoms with E-state index >= 15 is 0 Å². The van der Waals surface area contributed by atoms with Crippen molar-refractivity contribution in [3.8, 4) is 17.0 Å². The minimum absolute atomic E-state index is 0.0146. The van der Waals surface area contributed by atoms with Crippen molar-refractivity contribution < 1.29 is 14.3 Å². The van der Waals surface area contributed by atoms with Gasteiger partial charge in [-0.25, -0.2) is 4.98 Å². The molecule has 30 heavy (non-hydrogen) atoms. The average molecular weight is 428 g/mol. The summed E-state index contributed by atoms with van der Waals surface area (Å²) in [6, 6.07) is 6.01. The Morgan fingerprint density at radius 2 is 2.03 bits per heavy atom. The number of nitrogens with one attached hydrogen (secondary N) is 1. The van der Waals surface area contributed by atoms with E-state index in [0.717, 1.165) is 46.8 Å². The maximum atomic E-state index is 13.1. The van der Waals surface area contributed by atoms with Crippen LogP contribution in [0, 0.1) is 13.8 Å². The van der Waals surface area contributed by atoms with Crippen LogP contribution in [-0.2, 0) is 9.59 Å². The first-order chi connectivity index (χ1) is 14.5. The Morgan fingerprint density at radius 3 is 2.70 bits per heavy atom. The van der Waals surface area contributed by atoms with Gasteiger partial charge < -0.3 is 10.1 Å². The summed E-state index contributed by atoms with van der Waals surface area (Å²) in [5, 5.41) is 4.13. The number of amides is 2. The predicted octanol–water partition coefficient (Wildman–Crippen LogP) is 4.38. The smallest absolute Gasteiger partial charge is 0.268 e. The number of carbonyl (C=O) groups is 2. The highest BCUT2D eigenvalue weighted by molar-refractivity contribution is 7.11. The third kappa shape index (κ3) is 4.21. The monoisotopic (exact) mass is 427 g/mol. The maximum Gasteiger partial charge on any atom is 0.268 e. The lowest BCUT2D eigenvalue weighted by atomic mass is 9.95. The summed E-state index contributed by atoms with van der Waals surface area (Å²) >= 11 is 1.65. The van der Waals surface area contributed by atoms with Crippen LogP contribution in [0.1, 0.15) is 55.3 Å². The number of anilines is 1. The molecule has 0 bridgehead atoms. The van der Waals surface area contributed by atoms with Crippen LogP contribution in [0.3, 0.4) is 0 Å². The highest BCUT2D eigenvalue weighted by Crippen LogP contribution is 2.39. The van der Waals surface area contributed by atoms with E-state index in [9.17, 15) is 9.59 Å². The lowest BCUT2D eigenvalue weighted by molar-refractivity contribution is -0.129. The van der Waals surface area contributed by atoms with Crippen molar-refractivity contribution in [1.29, 1.82) is 0 Å². The minimum atomic E-state index is -0.561. The molecule has 0 spiro atoms. The second-order valence-corrected chi connectivity index (χ2v) is 9.57. The molecule has 1 aromatic heterocycles. The number of ether oxygens (including phenoxy) is 1. The van der Waals surface area contributed by atoms with E-state index in [1.807, 2.05) is 39.0 Å². The van der Waals surface area contributed by atoms with E-state index in [1.54, 1.807) is 16.2 Å². The van der Waals surface area contributed by atoms with Gasteiger partial charge in [-0.3, -0.25) is 14.5 Å². The van der Waals surface area contributed by atoms with Crippen LogP contribution in [0.15, 0.2) is 18.2 Å². The summed E-state index contributed by atoms with van der Waals surface area (Å²) in [6.45, 7) is 5.97. The molecule has 1 N–H and O–H groups in total. The van der Waals surface area contributed by atoms with E-state index in [0.29, 0.717) is 17.9 Å². The molecule has 1 atom stereocenters. The van der Waals surface area contributed by atoms with Gasteiger partial charge in [-0.15, -0.1) is 11.3 Å². The molecule has 1 fully saturated rings. The van der Waals surface area contributed by atoms with E-state index in [4.69, 9.17) is 4.74 Å². The van der Waals surface area contributed by atoms with Gasteiger partial charge in [0.05, 0.1) is 16.4 Å². The van der Waals surface area contributed by atoms with E-state index in [1.165, 1.54) is 6.42 Å². The average Bonchev–Trinajstić information content (AvgIpc) is 3.08. The number of hydrogen-bond acceptors (Lipinski definition) is 5. The molecule has 1 aliphatic carbocycles. The highest BCUT2D eigenvalue weighted by Gasteiger charge is 2.35. The van der Waals surface area contributed by atoms with Crippen LogP contribution in [0.5, 0.6) is 5.75 Å². The van der Waals surface area contributed by atoms with Gasteiger partial charge in [0.1, 0.15) is 12.3 Å². The molecule has 1 unspecified atom stereocenters. The number of aromatic nitrogens is 1. The summed E-state index contributed by atoms with van der Waals surface area (Å²) < 4.78 is 5.94.